The summed E-state index contributed by atoms with van der Waals surface area (Å²) < 4.78 is 6.64. The van der Waals surface area contributed by atoms with Gasteiger partial charge in [-0.3, -0.25) is 14.4 Å². The second-order valence-corrected chi connectivity index (χ2v) is 5.29. The van der Waals surface area contributed by atoms with Gasteiger partial charge in [0.15, 0.2) is 11.4 Å². The van der Waals surface area contributed by atoms with Crippen molar-refractivity contribution in [1.29, 1.82) is 0 Å². The van der Waals surface area contributed by atoms with E-state index >= 15 is 0 Å². The molecule has 1 aromatic carbocycles. The molecule has 24 heavy (non-hydrogen) atoms. The maximum atomic E-state index is 12.5. The number of carbonyl (C=O) groups is 2. The van der Waals surface area contributed by atoms with Crippen LogP contribution < -0.4 is 21.2 Å². The van der Waals surface area contributed by atoms with E-state index in [-0.39, 0.29) is 30.2 Å². The zero-order valence-electron chi connectivity index (χ0n) is 12.6. The first-order chi connectivity index (χ1) is 11.5. The van der Waals surface area contributed by atoms with E-state index in [0.29, 0.717) is 0 Å². The van der Waals surface area contributed by atoms with E-state index in [1.54, 1.807) is 24.3 Å². The second kappa shape index (κ2) is 6.17. The summed E-state index contributed by atoms with van der Waals surface area (Å²) in [6, 6.07) is 9.01. The van der Waals surface area contributed by atoms with Crippen LogP contribution in [0.3, 0.4) is 0 Å². The Bertz CT molecular complexity index is 860. The Morgan fingerprint density at radius 1 is 1.33 bits per heavy atom. The fourth-order valence-electron chi connectivity index (χ4n) is 2.47. The minimum Gasteiger partial charge on any atom is -0.483 e. The van der Waals surface area contributed by atoms with Crippen LogP contribution in [0.5, 0.6) is 5.75 Å². The van der Waals surface area contributed by atoms with Crippen LogP contribution >= 0.6 is 0 Å². The molecule has 124 valence electrons. The number of fused-ring (bicyclic) bond motifs is 1. The number of aliphatic hydroxyl groups excluding tert-OH is 1. The smallest absolute Gasteiger partial charge is 0.272 e. The topological polar surface area (TPSA) is 124 Å². The van der Waals surface area contributed by atoms with Crippen molar-refractivity contribution in [3.63, 3.8) is 0 Å². The Morgan fingerprint density at radius 3 is 2.71 bits per heavy atom. The molecule has 8 heteroatoms. The summed E-state index contributed by atoms with van der Waals surface area (Å²) in [4.78, 5) is 36.1. The van der Waals surface area contributed by atoms with E-state index < -0.39 is 23.5 Å². The summed E-state index contributed by atoms with van der Waals surface area (Å²) in [5, 5.41) is 12.5. The molecule has 3 rings (SSSR count). The highest BCUT2D eigenvalue weighted by Crippen LogP contribution is 2.22. The largest absolute Gasteiger partial charge is 0.483 e. The van der Waals surface area contributed by atoms with Crippen LogP contribution in [-0.4, -0.2) is 28.0 Å². The lowest BCUT2D eigenvalue weighted by atomic mass is 10.1. The summed E-state index contributed by atoms with van der Waals surface area (Å²) in [5.41, 5.74) is 4.71. The third-order valence-corrected chi connectivity index (χ3v) is 3.67. The molecule has 2 aromatic rings. The normalized spacial score (nSPS) is 16.2. The van der Waals surface area contributed by atoms with Crippen LogP contribution in [0.15, 0.2) is 41.3 Å². The molecule has 0 saturated heterocycles. The number of hydrogen-bond donors (Lipinski definition) is 3. The van der Waals surface area contributed by atoms with Gasteiger partial charge in [0, 0.05) is 6.20 Å². The second-order valence-electron chi connectivity index (χ2n) is 5.29. The zero-order valence-corrected chi connectivity index (χ0v) is 12.6. The number of nitrogens with zero attached hydrogens (tertiary/aromatic N) is 1. The molecule has 2 heterocycles. The Labute approximate surface area is 136 Å². The highest BCUT2D eigenvalue weighted by Gasteiger charge is 2.30. The third kappa shape index (κ3) is 2.74. The Balaban J connectivity index is 2.10. The van der Waals surface area contributed by atoms with Crippen molar-refractivity contribution in [2.45, 2.75) is 12.8 Å². The Hall–Kier alpha value is -3.13. The van der Waals surface area contributed by atoms with E-state index in [0.717, 1.165) is 16.3 Å². The van der Waals surface area contributed by atoms with Crippen molar-refractivity contribution in [2.75, 3.05) is 6.54 Å². The number of primary amides is 1. The van der Waals surface area contributed by atoms with Crippen molar-refractivity contribution in [2.24, 2.45) is 5.73 Å². The number of pyridine rings is 1. The molecule has 2 amide bonds. The molecule has 0 fully saturated rings. The minimum absolute atomic E-state index is 0.0225. The first kappa shape index (κ1) is 15.8. The number of nitrogens with one attached hydrogen (secondary N) is 1. The van der Waals surface area contributed by atoms with Crippen LogP contribution in [0.1, 0.15) is 32.6 Å². The number of rotatable bonds is 4. The van der Waals surface area contributed by atoms with Crippen molar-refractivity contribution in [1.82, 2.24) is 9.88 Å². The molecule has 1 aliphatic rings. The third-order valence-electron chi connectivity index (χ3n) is 3.67. The molecule has 0 aliphatic carbocycles. The fraction of sp³-hybridized carbons (Fsp3) is 0.188. The lowest BCUT2D eigenvalue weighted by Gasteiger charge is -2.26. The molecule has 0 saturated carbocycles. The molecule has 0 radical (unpaired) electrons. The SMILES string of the molecule is NC(=O)c1cn2c(c(OCc3ccccc3)c1=O)C(=O)NC[C@@H]2O. The molecule has 0 spiro atoms. The molecule has 0 bridgehead atoms. The number of benzene rings is 1. The van der Waals surface area contributed by atoms with Gasteiger partial charge in [-0.25, -0.2) is 0 Å². The van der Waals surface area contributed by atoms with Crippen LogP contribution in [-0.2, 0) is 6.61 Å². The number of nitrogens with two attached hydrogens (primary N) is 1. The molecule has 1 atom stereocenters. The van der Waals surface area contributed by atoms with Gasteiger partial charge in [0.25, 0.3) is 11.8 Å². The van der Waals surface area contributed by atoms with Gasteiger partial charge in [0.05, 0.1) is 6.54 Å². The summed E-state index contributed by atoms with van der Waals surface area (Å²) in [6.45, 7) is -0.0281. The molecule has 1 aromatic heterocycles. The Morgan fingerprint density at radius 2 is 2.04 bits per heavy atom. The molecular weight excluding hydrogens is 314 g/mol. The summed E-state index contributed by atoms with van der Waals surface area (Å²) in [5.74, 6) is -1.85. The monoisotopic (exact) mass is 329 g/mol. The van der Waals surface area contributed by atoms with Gasteiger partial charge in [0.2, 0.25) is 5.43 Å². The van der Waals surface area contributed by atoms with Crippen molar-refractivity contribution in [3.8, 4) is 5.75 Å². The molecule has 1 aliphatic heterocycles. The number of carbonyl (C=O) groups excluding carboxylic acids is 2. The average molecular weight is 329 g/mol. The maximum Gasteiger partial charge on any atom is 0.272 e. The first-order valence-corrected chi connectivity index (χ1v) is 7.21. The van der Waals surface area contributed by atoms with Crippen molar-refractivity contribution < 1.29 is 19.4 Å². The zero-order chi connectivity index (χ0) is 17.3. The van der Waals surface area contributed by atoms with Gasteiger partial charge in [-0.2, -0.15) is 0 Å². The lowest BCUT2D eigenvalue weighted by Crippen LogP contribution is -2.42. The number of hydrogen-bond acceptors (Lipinski definition) is 5. The Kier molecular flexibility index (Phi) is 4.05. The highest BCUT2D eigenvalue weighted by molar-refractivity contribution is 5.98. The van der Waals surface area contributed by atoms with Gasteiger partial charge in [0.1, 0.15) is 18.4 Å². The van der Waals surface area contributed by atoms with Crippen LogP contribution in [0.4, 0.5) is 0 Å². The number of ether oxygens (including phenoxy) is 1. The summed E-state index contributed by atoms with van der Waals surface area (Å²) >= 11 is 0. The van der Waals surface area contributed by atoms with Crippen molar-refractivity contribution in [3.05, 3.63) is 63.6 Å². The summed E-state index contributed by atoms with van der Waals surface area (Å²) in [7, 11) is 0. The molecule has 8 nitrogen and oxygen atoms in total. The van der Waals surface area contributed by atoms with E-state index in [9.17, 15) is 19.5 Å². The van der Waals surface area contributed by atoms with Crippen LogP contribution in [0, 0.1) is 0 Å². The van der Waals surface area contributed by atoms with Crippen molar-refractivity contribution >= 4 is 11.8 Å². The van der Waals surface area contributed by atoms with Crippen LogP contribution in [0.2, 0.25) is 0 Å². The predicted molar refractivity (Wildman–Crippen MR) is 83.6 cm³/mol. The molecular formula is C16H15N3O5. The lowest BCUT2D eigenvalue weighted by molar-refractivity contribution is 0.0636. The number of amides is 2. The maximum absolute atomic E-state index is 12.5. The standard InChI is InChI=1S/C16H15N3O5/c17-15(22)10-7-19-11(20)6-18-16(23)12(19)14(13(10)21)24-8-9-4-2-1-3-5-9/h1-5,7,11,20H,6,8H2,(H2,17,22)(H,18,23)/t11-/m0/s1. The van der Waals surface area contributed by atoms with Gasteiger partial charge in [-0.05, 0) is 5.56 Å². The minimum atomic E-state index is -1.13. The van der Waals surface area contributed by atoms with Gasteiger partial charge >= 0.3 is 0 Å². The van der Waals surface area contributed by atoms with Gasteiger partial charge in [-0.1, -0.05) is 30.3 Å². The van der Waals surface area contributed by atoms with Gasteiger partial charge < -0.3 is 25.5 Å². The quantitative estimate of drug-likeness (QED) is 0.714. The predicted octanol–water partition coefficient (Wildman–Crippen LogP) is -0.239. The number of β-amino-alcohol motifs (C(OH)–C–C–N with tert-alkyl or cyclic N) is 1. The van der Waals surface area contributed by atoms with E-state index in [1.807, 2.05) is 6.07 Å². The average Bonchev–Trinajstić information content (AvgIpc) is 2.57. The van der Waals surface area contributed by atoms with E-state index in [4.69, 9.17) is 10.5 Å². The van der Waals surface area contributed by atoms with Gasteiger partial charge in [-0.15, -0.1) is 0 Å². The molecule has 0 unspecified atom stereocenters. The number of aromatic nitrogens is 1. The van der Waals surface area contributed by atoms with E-state index in [2.05, 4.69) is 5.32 Å². The molecule has 4 N–H and O–H groups in total. The highest BCUT2D eigenvalue weighted by atomic mass is 16.5. The number of aliphatic hydroxyl groups is 1. The van der Waals surface area contributed by atoms with E-state index in [1.165, 1.54) is 0 Å². The summed E-state index contributed by atoms with van der Waals surface area (Å²) in [6.07, 6.45) is -0.0471. The fourth-order valence-corrected chi connectivity index (χ4v) is 2.47. The van der Waals surface area contributed by atoms with Crippen LogP contribution in [0.25, 0.3) is 0 Å². The first-order valence-electron chi connectivity index (χ1n) is 7.21.